The number of methoxy groups -OCH3 is 3. The summed E-state index contributed by atoms with van der Waals surface area (Å²) in [5.74, 6) is -8.28. The smallest absolute Gasteiger partial charge is 0.417 e. The topological polar surface area (TPSA) is 221 Å². The molecule has 0 aliphatic carbocycles. The predicted octanol–water partition coefficient (Wildman–Crippen LogP) is 6.43. The van der Waals surface area contributed by atoms with Gasteiger partial charge in [0.25, 0.3) is 0 Å². The van der Waals surface area contributed by atoms with E-state index in [9.17, 15) is 33.6 Å². The quantitative estimate of drug-likeness (QED) is 0.0223. The lowest BCUT2D eigenvalue weighted by Gasteiger charge is -2.32. The van der Waals surface area contributed by atoms with Gasteiger partial charge in [0.05, 0.1) is 26.9 Å². The van der Waals surface area contributed by atoms with Gasteiger partial charge in [-0.2, -0.15) is 0 Å². The van der Waals surface area contributed by atoms with Gasteiger partial charge in [-0.1, -0.05) is 88.1 Å². The SMILES string of the molecule is C=C(C)C(=O)OCCCc1cc(-c2ccc(OCc3ccc(CCCCCCCC)cc3)cc2)ccc1OCC(COC(=O)C(=O)OC)(COC(=O)C(=O)OCCOC)COC(=O)C(=O)OCCOC. The molecule has 0 saturated carbocycles. The highest BCUT2D eigenvalue weighted by molar-refractivity contribution is 6.30. The van der Waals surface area contributed by atoms with Crippen molar-refractivity contribution in [3.8, 4) is 22.6 Å². The summed E-state index contributed by atoms with van der Waals surface area (Å²) in [5.41, 5.74) is 2.87. The normalized spacial score (nSPS) is 10.9. The summed E-state index contributed by atoms with van der Waals surface area (Å²) in [5, 5.41) is 0. The first kappa shape index (κ1) is 57.5. The van der Waals surface area contributed by atoms with Crippen molar-refractivity contribution in [2.24, 2.45) is 5.41 Å². The van der Waals surface area contributed by atoms with Crippen LogP contribution in [0.5, 0.6) is 11.5 Å². The number of benzene rings is 3. The number of ether oxygens (including phenoxy) is 11. The molecule has 0 N–H and O–H groups in total. The number of aryl methyl sites for hydroxylation is 2. The van der Waals surface area contributed by atoms with E-state index < -0.39 is 73.6 Å². The van der Waals surface area contributed by atoms with Crippen molar-refractivity contribution in [2.45, 2.75) is 78.2 Å². The minimum absolute atomic E-state index is 0.0251. The van der Waals surface area contributed by atoms with E-state index in [0.717, 1.165) is 30.2 Å². The molecule has 0 heterocycles. The summed E-state index contributed by atoms with van der Waals surface area (Å²) in [6.45, 7) is 4.03. The van der Waals surface area contributed by atoms with E-state index >= 15 is 0 Å². The van der Waals surface area contributed by atoms with Crippen LogP contribution in [0.25, 0.3) is 11.1 Å². The summed E-state index contributed by atoms with van der Waals surface area (Å²) in [7, 11) is 3.65. The van der Waals surface area contributed by atoms with Crippen molar-refractivity contribution >= 4 is 41.8 Å². The zero-order chi connectivity index (χ0) is 51.2. The van der Waals surface area contributed by atoms with E-state index in [1.54, 1.807) is 12.1 Å². The Morgan fingerprint density at radius 2 is 1.00 bits per heavy atom. The van der Waals surface area contributed by atoms with Crippen LogP contribution in [-0.4, -0.2) is 123 Å². The molecule has 0 amide bonds. The molecule has 0 aromatic heterocycles. The van der Waals surface area contributed by atoms with Crippen LogP contribution in [0.1, 0.15) is 75.5 Å². The third kappa shape index (κ3) is 21.2. The summed E-state index contributed by atoms with van der Waals surface area (Å²) < 4.78 is 57.3. The zero-order valence-corrected chi connectivity index (χ0v) is 40.8. The molecule has 0 aliphatic heterocycles. The van der Waals surface area contributed by atoms with Gasteiger partial charge in [-0.05, 0) is 84.7 Å². The van der Waals surface area contributed by atoms with Crippen LogP contribution in [0.4, 0.5) is 0 Å². The summed E-state index contributed by atoms with van der Waals surface area (Å²) >= 11 is 0. The number of carbonyl (C=O) groups excluding carboxylic acids is 7. The third-order valence-electron chi connectivity index (χ3n) is 10.5. The van der Waals surface area contributed by atoms with Crippen LogP contribution in [0.15, 0.2) is 78.9 Å². The average molecular weight is 979 g/mol. The summed E-state index contributed by atoms with van der Waals surface area (Å²) in [6.07, 6.45) is 9.21. The monoisotopic (exact) mass is 978 g/mol. The maximum Gasteiger partial charge on any atom is 0.417 e. The van der Waals surface area contributed by atoms with Gasteiger partial charge in [0.1, 0.15) is 63.2 Å². The van der Waals surface area contributed by atoms with Crippen molar-refractivity contribution in [2.75, 3.05) is 80.8 Å². The molecule has 0 fully saturated rings. The first-order chi connectivity index (χ1) is 33.7. The second kappa shape index (κ2) is 32.1. The van der Waals surface area contributed by atoms with Crippen LogP contribution in [0.3, 0.4) is 0 Å². The number of esters is 7. The van der Waals surface area contributed by atoms with Crippen LogP contribution in [-0.2, 0) is 95.6 Å². The first-order valence-electron chi connectivity index (χ1n) is 23.0. The highest BCUT2D eigenvalue weighted by Crippen LogP contribution is 2.31. The van der Waals surface area contributed by atoms with Crippen molar-refractivity contribution in [3.63, 3.8) is 0 Å². The predicted molar refractivity (Wildman–Crippen MR) is 252 cm³/mol. The van der Waals surface area contributed by atoms with Gasteiger partial charge in [-0.3, -0.25) is 0 Å². The Kier molecular flexibility index (Phi) is 26.4. The van der Waals surface area contributed by atoms with E-state index in [1.165, 1.54) is 65.2 Å². The molecule has 18 heteroatoms. The van der Waals surface area contributed by atoms with E-state index in [0.29, 0.717) is 30.8 Å². The second-order valence-corrected chi connectivity index (χ2v) is 16.3. The standard InChI is InChI=1S/C52H66O18/c1-7-8-9-10-11-12-14-38-16-18-39(19-17-38)32-66-43-23-20-40(21-24-43)41-22-25-44(42(31-41)15-13-26-63-45(53)37(2)3)67-33-52(34-68-47(55)46(54)62-6,35-69-50(58)48(56)64-29-27-60-4)36-70-51(59)49(57)65-30-28-61-5/h16-25,31H,2,7-15,26-30,32-36H2,1,3-6H3. The Balaban J connectivity index is 1.90. The molecule has 0 aliphatic rings. The van der Waals surface area contributed by atoms with Crippen molar-refractivity contribution in [1.82, 2.24) is 0 Å². The molecule has 0 atom stereocenters. The minimum Gasteiger partial charge on any atom is -0.492 e. The molecule has 3 aromatic carbocycles. The number of unbranched alkanes of at least 4 members (excludes halogenated alkanes) is 5. The molecular formula is C52H66O18. The maximum atomic E-state index is 12.8. The van der Waals surface area contributed by atoms with E-state index in [-0.39, 0.29) is 44.4 Å². The fraction of sp³-hybridized carbons (Fsp3) is 0.481. The molecule has 0 spiro atoms. The average Bonchev–Trinajstić information content (AvgIpc) is 3.37. The highest BCUT2D eigenvalue weighted by Gasteiger charge is 2.40. The third-order valence-corrected chi connectivity index (χ3v) is 10.5. The first-order valence-corrected chi connectivity index (χ1v) is 23.0. The zero-order valence-electron chi connectivity index (χ0n) is 40.8. The lowest BCUT2D eigenvalue weighted by atomic mass is 9.92. The van der Waals surface area contributed by atoms with E-state index in [4.69, 9.17) is 47.4 Å². The molecule has 18 nitrogen and oxygen atoms in total. The molecule has 0 radical (unpaired) electrons. The van der Waals surface area contributed by atoms with Crippen LogP contribution in [0, 0.1) is 5.41 Å². The van der Waals surface area contributed by atoms with Crippen molar-refractivity contribution in [1.29, 1.82) is 0 Å². The van der Waals surface area contributed by atoms with E-state index in [1.807, 2.05) is 30.3 Å². The largest absolute Gasteiger partial charge is 0.492 e. The number of rotatable bonds is 31. The van der Waals surface area contributed by atoms with Gasteiger partial charge in [0, 0.05) is 19.8 Å². The maximum absolute atomic E-state index is 12.8. The van der Waals surface area contributed by atoms with Crippen molar-refractivity contribution < 1.29 is 85.7 Å². The minimum atomic E-state index is -1.91. The molecule has 0 saturated heterocycles. The number of hydrogen-bond donors (Lipinski definition) is 0. The Morgan fingerprint density at radius 3 is 1.56 bits per heavy atom. The Morgan fingerprint density at radius 1 is 0.486 bits per heavy atom. The highest BCUT2D eigenvalue weighted by atomic mass is 16.6. The van der Waals surface area contributed by atoms with E-state index in [2.05, 4.69) is 42.5 Å². The number of hydrogen-bond acceptors (Lipinski definition) is 18. The Labute approximate surface area is 409 Å². The van der Waals surface area contributed by atoms with Crippen molar-refractivity contribution in [3.05, 3.63) is 95.6 Å². The fourth-order valence-electron chi connectivity index (χ4n) is 6.42. The molecule has 0 unspecified atom stereocenters. The fourth-order valence-corrected chi connectivity index (χ4v) is 6.42. The second-order valence-electron chi connectivity index (χ2n) is 16.3. The molecule has 382 valence electrons. The Hall–Kier alpha value is -6.79. The lowest BCUT2D eigenvalue weighted by Crippen LogP contribution is -2.46. The van der Waals surface area contributed by atoms with Gasteiger partial charge < -0.3 is 52.1 Å². The number of carbonyl (C=O) groups is 7. The molecular weight excluding hydrogens is 913 g/mol. The molecule has 3 rings (SSSR count). The Bertz CT molecular complexity index is 2110. The summed E-state index contributed by atoms with van der Waals surface area (Å²) in [6, 6.07) is 21.3. The van der Waals surface area contributed by atoms with Gasteiger partial charge in [-0.15, -0.1) is 0 Å². The van der Waals surface area contributed by atoms with Gasteiger partial charge in [0.15, 0.2) is 0 Å². The lowest BCUT2D eigenvalue weighted by molar-refractivity contribution is -0.181. The van der Waals surface area contributed by atoms with Crippen LogP contribution >= 0.6 is 0 Å². The van der Waals surface area contributed by atoms with Crippen LogP contribution in [0.2, 0.25) is 0 Å². The van der Waals surface area contributed by atoms with Gasteiger partial charge in [0.2, 0.25) is 0 Å². The van der Waals surface area contributed by atoms with Gasteiger partial charge >= 0.3 is 41.8 Å². The molecule has 3 aromatic rings. The summed E-state index contributed by atoms with van der Waals surface area (Å²) in [4.78, 5) is 87.2. The molecule has 0 bridgehead atoms. The van der Waals surface area contributed by atoms with Crippen LogP contribution < -0.4 is 9.47 Å². The van der Waals surface area contributed by atoms with Gasteiger partial charge in [-0.25, -0.2) is 33.6 Å². The molecule has 70 heavy (non-hydrogen) atoms.